The molecule has 24 heavy (non-hydrogen) atoms. The summed E-state index contributed by atoms with van der Waals surface area (Å²) >= 11 is 0. The molecule has 1 aliphatic rings. The summed E-state index contributed by atoms with van der Waals surface area (Å²) in [7, 11) is 0. The maximum absolute atomic E-state index is 11.7. The quantitative estimate of drug-likeness (QED) is 0.261. The zero-order valence-electron chi connectivity index (χ0n) is 15.5. The maximum Gasteiger partial charge on any atom is 0.316 e. The Hall–Kier alpha value is -1.58. The van der Waals surface area contributed by atoms with E-state index in [0.717, 1.165) is 25.5 Å². The molecule has 0 saturated heterocycles. The molecule has 1 rings (SSSR count). The third-order valence-corrected chi connectivity index (χ3v) is 4.24. The van der Waals surface area contributed by atoms with Crippen molar-refractivity contribution in [3.8, 4) is 0 Å². The van der Waals surface area contributed by atoms with E-state index in [2.05, 4.69) is 24.8 Å². The lowest BCUT2D eigenvalue weighted by Gasteiger charge is -2.11. The summed E-state index contributed by atoms with van der Waals surface area (Å²) < 4.78 is 9.08. The molecule has 0 aromatic carbocycles. The largest absolute Gasteiger partial charge is 0.435 e. The van der Waals surface area contributed by atoms with Gasteiger partial charge in [-0.15, -0.1) is 0 Å². The second kappa shape index (κ2) is 13.8. The highest BCUT2D eigenvalue weighted by Gasteiger charge is 2.50. The number of unbranched alkanes of at least 4 members (excludes halogenated alkanes) is 7. The topological polar surface area (TPSA) is 52.6 Å². The van der Waals surface area contributed by atoms with Gasteiger partial charge in [-0.2, -0.15) is 0 Å². The third-order valence-electron chi connectivity index (χ3n) is 4.24. The lowest BCUT2D eigenvalue weighted by Crippen LogP contribution is -2.16. The van der Waals surface area contributed by atoms with Crippen LogP contribution in [0.5, 0.6) is 0 Å². The molecule has 0 aliphatic heterocycles. The summed E-state index contributed by atoms with van der Waals surface area (Å²) in [5, 5.41) is 0. The van der Waals surface area contributed by atoms with Gasteiger partial charge in [0.25, 0.3) is 0 Å². The molecule has 0 radical (unpaired) electrons. The number of hydrogen-bond acceptors (Lipinski definition) is 4. The molecule has 0 spiro atoms. The molecule has 1 fully saturated rings. The monoisotopic (exact) mass is 338 g/mol. The number of esters is 2. The fraction of sp³-hybridized carbons (Fsp3) is 0.700. The molecule has 4 heteroatoms. The van der Waals surface area contributed by atoms with Crippen LogP contribution in [0.1, 0.15) is 84.5 Å². The number of ether oxygens (including phenoxy) is 2. The molecule has 0 atom stereocenters. The van der Waals surface area contributed by atoms with Gasteiger partial charge in [0.05, 0.1) is 17.9 Å². The average molecular weight is 338 g/mol. The highest BCUT2D eigenvalue weighted by atomic mass is 16.5. The Kier molecular flexibility index (Phi) is 12.9. The Morgan fingerprint density at radius 1 is 0.917 bits per heavy atom. The minimum Gasteiger partial charge on any atom is -0.435 e. The van der Waals surface area contributed by atoms with Crippen LogP contribution in [0.4, 0.5) is 0 Å². The van der Waals surface area contributed by atoms with E-state index < -0.39 is 0 Å². The molecule has 4 nitrogen and oxygen atoms in total. The first-order chi connectivity index (χ1) is 11.5. The molecule has 1 saturated carbocycles. The second-order valence-corrected chi connectivity index (χ2v) is 6.35. The Balaban J connectivity index is 0.000000754. The summed E-state index contributed by atoms with van der Waals surface area (Å²) in [5.74, 6) is -0.384. The van der Waals surface area contributed by atoms with Gasteiger partial charge in [0, 0.05) is 6.92 Å². The number of carbonyl (C=O) groups excluding carboxylic acids is 2. The Labute approximate surface area is 147 Å². The lowest BCUT2D eigenvalue weighted by atomic mass is 9.97. The van der Waals surface area contributed by atoms with Crippen molar-refractivity contribution in [2.75, 3.05) is 0 Å². The molecule has 0 heterocycles. The van der Waals surface area contributed by atoms with E-state index in [1.54, 1.807) is 0 Å². The van der Waals surface area contributed by atoms with E-state index in [0.29, 0.717) is 0 Å². The summed E-state index contributed by atoms with van der Waals surface area (Å²) in [6.45, 7) is 10.2. The Morgan fingerprint density at radius 3 is 1.79 bits per heavy atom. The highest BCUT2D eigenvalue weighted by Crippen LogP contribution is 2.51. The first-order valence-electron chi connectivity index (χ1n) is 9.12. The van der Waals surface area contributed by atoms with Crippen LogP contribution in [-0.4, -0.2) is 11.9 Å². The maximum atomic E-state index is 11.7. The van der Waals surface area contributed by atoms with Crippen LogP contribution in [0, 0.1) is 5.41 Å². The summed E-state index contributed by atoms with van der Waals surface area (Å²) in [6.07, 6.45) is 15.9. The summed E-state index contributed by atoms with van der Waals surface area (Å²) in [4.78, 5) is 21.4. The van der Waals surface area contributed by atoms with Gasteiger partial charge in [0.15, 0.2) is 0 Å². The van der Waals surface area contributed by atoms with Crippen molar-refractivity contribution in [3.05, 3.63) is 25.7 Å². The summed E-state index contributed by atoms with van der Waals surface area (Å²) in [6, 6.07) is 0. The smallest absolute Gasteiger partial charge is 0.316 e. The fourth-order valence-electron chi connectivity index (χ4n) is 2.62. The lowest BCUT2D eigenvalue weighted by molar-refractivity contribution is -0.144. The molecule has 1 aliphatic carbocycles. The van der Waals surface area contributed by atoms with Crippen molar-refractivity contribution in [3.63, 3.8) is 0 Å². The van der Waals surface area contributed by atoms with Crippen LogP contribution in [0.2, 0.25) is 0 Å². The minimum absolute atomic E-state index is 0.0551. The first-order valence-corrected chi connectivity index (χ1v) is 9.12. The Bertz CT molecular complexity index is 383. The van der Waals surface area contributed by atoms with Crippen molar-refractivity contribution in [2.24, 2.45) is 5.41 Å². The van der Waals surface area contributed by atoms with E-state index in [1.165, 1.54) is 64.6 Å². The normalized spacial score (nSPS) is 13.9. The van der Waals surface area contributed by atoms with Crippen molar-refractivity contribution in [1.29, 1.82) is 0 Å². The molecule has 138 valence electrons. The van der Waals surface area contributed by atoms with Crippen LogP contribution in [0.15, 0.2) is 25.7 Å². The predicted octanol–water partition coefficient (Wildman–Crippen LogP) is 5.68. The molecular formula is C20H34O4. The van der Waals surface area contributed by atoms with Gasteiger partial charge < -0.3 is 9.47 Å². The van der Waals surface area contributed by atoms with Gasteiger partial charge in [0.1, 0.15) is 0 Å². The van der Waals surface area contributed by atoms with E-state index in [1.807, 2.05) is 0 Å². The Morgan fingerprint density at radius 2 is 1.42 bits per heavy atom. The molecule has 0 N–H and O–H groups in total. The van der Waals surface area contributed by atoms with Gasteiger partial charge in [-0.25, -0.2) is 0 Å². The van der Waals surface area contributed by atoms with E-state index in [4.69, 9.17) is 4.74 Å². The van der Waals surface area contributed by atoms with E-state index in [9.17, 15) is 9.59 Å². The van der Waals surface area contributed by atoms with Gasteiger partial charge in [0.2, 0.25) is 0 Å². The fourth-order valence-corrected chi connectivity index (χ4v) is 2.62. The third kappa shape index (κ3) is 11.0. The number of rotatable bonds is 12. The predicted molar refractivity (Wildman–Crippen MR) is 97.1 cm³/mol. The molecule has 0 aromatic heterocycles. The summed E-state index contributed by atoms with van der Waals surface area (Å²) in [5.41, 5.74) is -0.129. The van der Waals surface area contributed by atoms with E-state index >= 15 is 0 Å². The zero-order chi connectivity index (χ0) is 18.3. The van der Waals surface area contributed by atoms with Crippen molar-refractivity contribution in [1.82, 2.24) is 0 Å². The van der Waals surface area contributed by atoms with Gasteiger partial charge in [-0.3, -0.25) is 9.59 Å². The van der Waals surface area contributed by atoms with E-state index in [-0.39, 0.29) is 17.4 Å². The molecule has 0 unspecified atom stereocenters. The van der Waals surface area contributed by atoms with Crippen LogP contribution < -0.4 is 0 Å². The van der Waals surface area contributed by atoms with Crippen molar-refractivity contribution < 1.29 is 19.1 Å². The minimum atomic E-state index is -0.329. The number of carbonyl (C=O) groups is 2. The van der Waals surface area contributed by atoms with Gasteiger partial charge in [-0.05, 0) is 19.3 Å². The van der Waals surface area contributed by atoms with Crippen LogP contribution in [-0.2, 0) is 19.1 Å². The van der Waals surface area contributed by atoms with Gasteiger partial charge >= 0.3 is 11.9 Å². The van der Waals surface area contributed by atoms with Crippen molar-refractivity contribution >= 4 is 11.9 Å². The zero-order valence-corrected chi connectivity index (χ0v) is 15.5. The SMILES string of the molecule is C=COC(=O)C1(CCCCCCCCCC)CC1.C=COC(C)=O. The standard InChI is InChI=1S/C16H28O2.C4H6O2/c1-3-5-6-7-8-9-10-11-12-16(13-14-16)15(17)18-4-2;1-3-6-4(2)5/h4H,2-3,5-14H2,1H3;3H,1H2,2H3. The average Bonchev–Trinajstić information content (AvgIpc) is 3.32. The van der Waals surface area contributed by atoms with Crippen LogP contribution in [0.25, 0.3) is 0 Å². The first kappa shape index (κ1) is 22.4. The van der Waals surface area contributed by atoms with Crippen LogP contribution >= 0.6 is 0 Å². The van der Waals surface area contributed by atoms with Crippen molar-refractivity contribution in [2.45, 2.75) is 84.5 Å². The molecular weight excluding hydrogens is 304 g/mol. The second-order valence-electron chi connectivity index (χ2n) is 6.35. The molecule has 0 amide bonds. The van der Waals surface area contributed by atoms with Crippen LogP contribution in [0.3, 0.4) is 0 Å². The van der Waals surface area contributed by atoms with Gasteiger partial charge in [-0.1, -0.05) is 71.4 Å². The molecule has 0 bridgehead atoms. The molecule has 0 aromatic rings. The number of hydrogen-bond donors (Lipinski definition) is 0. The highest BCUT2D eigenvalue weighted by molar-refractivity contribution is 5.80.